The SMILES string of the molecule is C=NC1=C(/C=C(\C)F)N([C@H]2CC[C@H](N)CC2)C(=O)CO1. The van der Waals surface area contributed by atoms with Gasteiger partial charge in [-0.25, -0.2) is 9.38 Å². The van der Waals surface area contributed by atoms with Gasteiger partial charge in [0.25, 0.3) is 5.91 Å². The highest BCUT2D eigenvalue weighted by molar-refractivity contribution is 5.81. The van der Waals surface area contributed by atoms with Gasteiger partial charge in [-0.1, -0.05) is 0 Å². The van der Waals surface area contributed by atoms with Crippen LogP contribution in [0.3, 0.4) is 0 Å². The van der Waals surface area contributed by atoms with Crippen molar-refractivity contribution < 1.29 is 13.9 Å². The van der Waals surface area contributed by atoms with Gasteiger partial charge in [0.05, 0.1) is 5.83 Å². The number of aliphatic imine (C=N–C) groups is 1. The Hall–Kier alpha value is -1.69. The zero-order chi connectivity index (χ0) is 14.7. The smallest absolute Gasteiger partial charge is 0.265 e. The number of carbonyl (C=O) groups is 1. The van der Waals surface area contributed by atoms with Crippen molar-refractivity contribution in [1.29, 1.82) is 0 Å². The molecular weight excluding hydrogens is 261 g/mol. The van der Waals surface area contributed by atoms with Crippen molar-refractivity contribution in [1.82, 2.24) is 4.90 Å². The second kappa shape index (κ2) is 6.17. The second-order valence-electron chi connectivity index (χ2n) is 5.20. The van der Waals surface area contributed by atoms with Crippen molar-refractivity contribution in [2.24, 2.45) is 10.7 Å². The molecule has 20 heavy (non-hydrogen) atoms. The zero-order valence-corrected chi connectivity index (χ0v) is 11.6. The average molecular weight is 281 g/mol. The Morgan fingerprint density at radius 2 is 2.15 bits per heavy atom. The van der Waals surface area contributed by atoms with Crippen molar-refractivity contribution >= 4 is 12.6 Å². The number of carbonyl (C=O) groups excluding carboxylic acids is 1. The van der Waals surface area contributed by atoms with E-state index in [9.17, 15) is 9.18 Å². The van der Waals surface area contributed by atoms with Crippen molar-refractivity contribution in [2.45, 2.75) is 44.7 Å². The standard InChI is InChI=1S/C14H20FN3O2/c1-9(15)7-12-14(17-2)20-8-13(19)18(12)11-5-3-10(16)4-6-11/h7,10-11H,2-6,8,16H2,1H3/b9-7+/t10-,11-. The molecule has 1 fully saturated rings. The van der Waals surface area contributed by atoms with Crippen LogP contribution >= 0.6 is 0 Å². The summed E-state index contributed by atoms with van der Waals surface area (Å²) in [5.74, 6) is -0.376. The van der Waals surface area contributed by atoms with Gasteiger partial charge in [0.2, 0.25) is 5.88 Å². The van der Waals surface area contributed by atoms with Gasteiger partial charge in [-0.15, -0.1) is 0 Å². The number of rotatable bonds is 3. The predicted octanol–water partition coefficient (Wildman–Crippen LogP) is 1.86. The summed E-state index contributed by atoms with van der Waals surface area (Å²) in [5, 5.41) is 0. The molecule has 110 valence electrons. The lowest BCUT2D eigenvalue weighted by atomic mass is 9.90. The molecular formula is C14H20FN3O2. The highest BCUT2D eigenvalue weighted by Gasteiger charge is 2.34. The van der Waals surface area contributed by atoms with Crippen molar-refractivity contribution in [2.75, 3.05) is 6.61 Å². The largest absolute Gasteiger partial charge is 0.466 e. The normalized spacial score (nSPS) is 28.4. The monoisotopic (exact) mass is 281 g/mol. The van der Waals surface area contributed by atoms with Crippen LogP contribution in [0.5, 0.6) is 0 Å². The van der Waals surface area contributed by atoms with E-state index in [1.807, 2.05) is 0 Å². The van der Waals surface area contributed by atoms with E-state index in [2.05, 4.69) is 11.7 Å². The van der Waals surface area contributed by atoms with Crippen molar-refractivity contribution in [3.63, 3.8) is 0 Å². The summed E-state index contributed by atoms with van der Waals surface area (Å²) >= 11 is 0. The maximum Gasteiger partial charge on any atom is 0.265 e. The van der Waals surface area contributed by atoms with Crippen LogP contribution in [-0.2, 0) is 9.53 Å². The molecule has 1 heterocycles. The molecule has 2 aliphatic rings. The molecule has 0 atom stereocenters. The third kappa shape index (κ3) is 3.07. The maximum absolute atomic E-state index is 13.3. The van der Waals surface area contributed by atoms with Gasteiger partial charge < -0.3 is 15.4 Å². The summed E-state index contributed by atoms with van der Waals surface area (Å²) < 4.78 is 18.5. The number of hydrogen-bond donors (Lipinski definition) is 1. The zero-order valence-electron chi connectivity index (χ0n) is 11.6. The number of nitrogens with zero attached hydrogens (tertiary/aromatic N) is 2. The fraction of sp³-hybridized carbons (Fsp3) is 0.571. The highest BCUT2D eigenvalue weighted by Crippen LogP contribution is 2.30. The summed E-state index contributed by atoms with van der Waals surface area (Å²) in [7, 11) is 0. The number of allylic oxidation sites excluding steroid dienone is 2. The van der Waals surface area contributed by atoms with Crippen molar-refractivity contribution in [3.8, 4) is 0 Å². The molecule has 6 heteroatoms. The van der Waals surface area contributed by atoms with E-state index in [0.717, 1.165) is 25.7 Å². The molecule has 1 saturated carbocycles. The molecule has 1 aliphatic heterocycles. The Kier molecular flexibility index (Phi) is 4.54. The number of nitrogens with two attached hydrogens (primary N) is 1. The predicted molar refractivity (Wildman–Crippen MR) is 74.5 cm³/mol. The molecule has 0 aromatic heterocycles. The third-order valence-electron chi connectivity index (χ3n) is 3.67. The van der Waals surface area contributed by atoms with Crippen LogP contribution in [0.1, 0.15) is 32.6 Å². The van der Waals surface area contributed by atoms with E-state index >= 15 is 0 Å². The number of ether oxygens (including phenoxy) is 1. The van der Waals surface area contributed by atoms with Gasteiger partial charge in [0.15, 0.2) is 6.61 Å². The Bertz CT molecular complexity index is 461. The van der Waals surface area contributed by atoms with Gasteiger partial charge in [0, 0.05) is 12.1 Å². The molecule has 0 radical (unpaired) electrons. The first-order valence-electron chi connectivity index (χ1n) is 6.78. The minimum Gasteiger partial charge on any atom is -0.466 e. The van der Waals surface area contributed by atoms with Gasteiger partial charge in [-0.05, 0) is 45.4 Å². The molecule has 0 bridgehead atoms. The molecule has 5 nitrogen and oxygen atoms in total. The summed E-state index contributed by atoms with van der Waals surface area (Å²) in [6, 6.07) is 0.207. The molecule has 0 unspecified atom stereocenters. The lowest BCUT2D eigenvalue weighted by molar-refractivity contribution is -0.138. The maximum atomic E-state index is 13.3. The first kappa shape index (κ1) is 14.7. The van der Waals surface area contributed by atoms with E-state index in [1.54, 1.807) is 4.90 Å². The van der Waals surface area contributed by atoms with Crippen LogP contribution in [-0.4, -0.2) is 36.2 Å². The van der Waals surface area contributed by atoms with E-state index in [-0.39, 0.29) is 30.5 Å². The Labute approximate surface area is 118 Å². The van der Waals surface area contributed by atoms with Crippen LogP contribution in [0.15, 0.2) is 28.5 Å². The van der Waals surface area contributed by atoms with Gasteiger partial charge in [0.1, 0.15) is 5.70 Å². The summed E-state index contributed by atoms with van der Waals surface area (Å²) in [4.78, 5) is 17.5. The lowest BCUT2D eigenvalue weighted by Crippen LogP contribution is -2.47. The molecule has 1 amide bonds. The van der Waals surface area contributed by atoms with Crippen LogP contribution in [0, 0.1) is 0 Å². The van der Waals surface area contributed by atoms with E-state index < -0.39 is 5.83 Å². The van der Waals surface area contributed by atoms with Crippen LogP contribution in [0.4, 0.5) is 4.39 Å². The first-order chi connectivity index (χ1) is 9.52. The highest BCUT2D eigenvalue weighted by atomic mass is 19.1. The molecule has 0 saturated heterocycles. The first-order valence-corrected chi connectivity index (χ1v) is 6.78. The third-order valence-corrected chi connectivity index (χ3v) is 3.67. The molecule has 0 spiro atoms. The fourth-order valence-electron chi connectivity index (χ4n) is 2.72. The van der Waals surface area contributed by atoms with E-state index in [4.69, 9.17) is 10.5 Å². The number of halogens is 1. The minimum atomic E-state index is -0.406. The van der Waals surface area contributed by atoms with Gasteiger partial charge in [-0.2, -0.15) is 0 Å². The second-order valence-corrected chi connectivity index (χ2v) is 5.20. The van der Waals surface area contributed by atoms with Crippen molar-refractivity contribution in [3.05, 3.63) is 23.5 Å². The quantitative estimate of drug-likeness (QED) is 0.803. The fourth-order valence-corrected chi connectivity index (χ4v) is 2.72. The van der Waals surface area contributed by atoms with E-state index in [1.165, 1.54) is 13.0 Å². The molecule has 0 aromatic rings. The average Bonchev–Trinajstić information content (AvgIpc) is 2.40. The van der Waals surface area contributed by atoms with E-state index in [0.29, 0.717) is 5.70 Å². The van der Waals surface area contributed by atoms with Gasteiger partial charge in [-0.3, -0.25) is 4.79 Å². The summed E-state index contributed by atoms with van der Waals surface area (Å²) in [6.07, 6.45) is 4.60. The molecule has 1 aliphatic carbocycles. The van der Waals surface area contributed by atoms with Crippen LogP contribution in [0.25, 0.3) is 0 Å². The minimum absolute atomic E-state index is 0.0218. The molecule has 2 rings (SSSR count). The van der Waals surface area contributed by atoms with Crippen LogP contribution < -0.4 is 5.73 Å². The van der Waals surface area contributed by atoms with Gasteiger partial charge >= 0.3 is 0 Å². The molecule has 2 N–H and O–H groups in total. The summed E-state index contributed by atoms with van der Waals surface area (Å²) in [5.41, 5.74) is 6.25. The number of amides is 1. The Morgan fingerprint density at radius 3 is 2.70 bits per heavy atom. The molecule has 0 aromatic carbocycles. The Morgan fingerprint density at radius 1 is 1.50 bits per heavy atom. The Balaban J connectivity index is 2.33. The van der Waals surface area contributed by atoms with Crippen LogP contribution in [0.2, 0.25) is 0 Å². The topological polar surface area (TPSA) is 67.9 Å². The number of hydrogen-bond acceptors (Lipinski definition) is 4. The summed E-state index contributed by atoms with van der Waals surface area (Å²) in [6.45, 7) is 4.65. The lowest BCUT2D eigenvalue weighted by Gasteiger charge is -2.38.